The summed E-state index contributed by atoms with van der Waals surface area (Å²) >= 11 is 0. The Bertz CT molecular complexity index is 465. The van der Waals surface area contributed by atoms with Crippen LogP contribution in [0.3, 0.4) is 0 Å². The average Bonchev–Trinajstić information content (AvgIpc) is 2.52. The fraction of sp³-hybridized carbons (Fsp3) is 0.533. The molecule has 0 radical (unpaired) electrons. The van der Waals surface area contributed by atoms with Gasteiger partial charge in [0.05, 0.1) is 32.0 Å². The van der Waals surface area contributed by atoms with Gasteiger partial charge in [-0.15, -0.1) is 0 Å². The molecule has 0 aliphatic carbocycles. The van der Waals surface area contributed by atoms with E-state index in [0.29, 0.717) is 12.1 Å². The molecule has 5 nitrogen and oxygen atoms in total. The van der Waals surface area contributed by atoms with Gasteiger partial charge in [0, 0.05) is 38.3 Å². The van der Waals surface area contributed by atoms with E-state index < -0.39 is 0 Å². The zero-order valence-electron chi connectivity index (χ0n) is 11.9. The highest BCUT2D eigenvalue weighted by Crippen LogP contribution is 2.19. The van der Waals surface area contributed by atoms with Crippen LogP contribution in [0.15, 0.2) is 18.2 Å². The SMILES string of the molecule is COc1ccc(C#N)cc1CNCCN1CCOCC1. The smallest absolute Gasteiger partial charge is 0.123 e. The number of nitriles is 1. The topological polar surface area (TPSA) is 57.5 Å². The molecule has 0 spiro atoms. The van der Waals surface area contributed by atoms with Crippen LogP contribution in [0, 0.1) is 11.3 Å². The molecule has 0 atom stereocenters. The van der Waals surface area contributed by atoms with Crippen molar-refractivity contribution in [2.24, 2.45) is 0 Å². The van der Waals surface area contributed by atoms with Crippen molar-refractivity contribution in [3.8, 4) is 11.8 Å². The Morgan fingerprint density at radius 3 is 2.90 bits per heavy atom. The fourth-order valence-electron chi connectivity index (χ4n) is 2.27. The van der Waals surface area contributed by atoms with Crippen molar-refractivity contribution in [3.05, 3.63) is 29.3 Å². The quantitative estimate of drug-likeness (QED) is 0.785. The van der Waals surface area contributed by atoms with E-state index in [4.69, 9.17) is 14.7 Å². The number of benzene rings is 1. The Balaban J connectivity index is 1.79. The molecule has 0 amide bonds. The van der Waals surface area contributed by atoms with Gasteiger partial charge >= 0.3 is 0 Å². The van der Waals surface area contributed by atoms with E-state index >= 15 is 0 Å². The lowest BCUT2D eigenvalue weighted by atomic mass is 10.1. The molecule has 1 N–H and O–H groups in total. The molecule has 0 unspecified atom stereocenters. The van der Waals surface area contributed by atoms with E-state index in [2.05, 4.69) is 16.3 Å². The number of methoxy groups -OCH3 is 1. The third-order valence-electron chi connectivity index (χ3n) is 3.43. The standard InChI is InChI=1S/C15H21N3O2/c1-19-15-3-2-13(11-16)10-14(15)12-17-4-5-18-6-8-20-9-7-18/h2-3,10,17H,4-9,12H2,1H3. The Morgan fingerprint density at radius 2 is 2.20 bits per heavy atom. The van der Waals surface area contributed by atoms with Gasteiger partial charge in [-0.1, -0.05) is 0 Å². The van der Waals surface area contributed by atoms with Crippen molar-refractivity contribution in [2.45, 2.75) is 6.54 Å². The third kappa shape index (κ3) is 4.20. The zero-order chi connectivity index (χ0) is 14.2. The molecule has 20 heavy (non-hydrogen) atoms. The lowest BCUT2D eigenvalue weighted by Gasteiger charge is -2.26. The molecular weight excluding hydrogens is 254 g/mol. The van der Waals surface area contributed by atoms with E-state index in [1.165, 1.54) is 0 Å². The molecule has 5 heteroatoms. The van der Waals surface area contributed by atoms with Crippen LogP contribution in [0.25, 0.3) is 0 Å². The highest BCUT2D eigenvalue weighted by Gasteiger charge is 2.09. The van der Waals surface area contributed by atoms with Crippen LogP contribution in [-0.4, -0.2) is 51.4 Å². The number of hydrogen-bond donors (Lipinski definition) is 1. The molecule has 0 bridgehead atoms. The Morgan fingerprint density at radius 1 is 1.40 bits per heavy atom. The van der Waals surface area contributed by atoms with Crippen LogP contribution in [0.1, 0.15) is 11.1 Å². The second-order valence-corrected chi connectivity index (χ2v) is 4.77. The molecule has 1 aromatic carbocycles. The van der Waals surface area contributed by atoms with Gasteiger partial charge in [0.1, 0.15) is 5.75 Å². The monoisotopic (exact) mass is 275 g/mol. The van der Waals surface area contributed by atoms with E-state index in [1.54, 1.807) is 13.2 Å². The Kier molecular flexibility index (Phi) is 5.81. The summed E-state index contributed by atoms with van der Waals surface area (Å²) in [6.07, 6.45) is 0. The predicted molar refractivity (Wildman–Crippen MR) is 76.7 cm³/mol. The number of rotatable bonds is 6. The first-order valence-electron chi connectivity index (χ1n) is 6.91. The fourth-order valence-corrected chi connectivity index (χ4v) is 2.27. The summed E-state index contributed by atoms with van der Waals surface area (Å²) < 4.78 is 10.6. The molecule has 1 fully saturated rings. The van der Waals surface area contributed by atoms with Gasteiger partial charge in [-0.05, 0) is 18.2 Å². The van der Waals surface area contributed by atoms with E-state index in [0.717, 1.165) is 50.7 Å². The lowest BCUT2D eigenvalue weighted by molar-refractivity contribution is 0.0384. The first-order valence-corrected chi connectivity index (χ1v) is 6.91. The first-order chi connectivity index (χ1) is 9.83. The van der Waals surface area contributed by atoms with E-state index in [1.807, 2.05) is 12.1 Å². The van der Waals surface area contributed by atoms with Crippen LogP contribution in [0.4, 0.5) is 0 Å². The maximum absolute atomic E-state index is 8.94. The van der Waals surface area contributed by atoms with E-state index in [9.17, 15) is 0 Å². The number of nitrogens with zero attached hydrogens (tertiary/aromatic N) is 2. The van der Waals surface area contributed by atoms with Gasteiger partial charge < -0.3 is 14.8 Å². The molecule has 2 rings (SSSR count). The van der Waals surface area contributed by atoms with Gasteiger partial charge in [-0.2, -0.15) is 5.26 Å². The summed E-state index contributed by atoms with van der Waals surface area (Å²) in [7, 11) is 1.65. The normalized spacial score (nSPS) is 15.8. The molecule has 1 aliphatic heterocycles. The van der Waals surface area contributed by atoms with Crippen molar-refractivity contribution < 1.29 is 9.47 Å². The van der Waals surface area contributed by atoms with Gasteiger partial charge in [0.15, 0.2) is 0 Å². The van der Waals surface area contributed by atoms with Crippen LogP contribution < -0.4 is 10.1 Å². The molecular formula is C15H21N3O2. The summed E-state index contributed by atoms with van der Waals surface area (Å²) in [5, 5.41) is 12.3. The molecule has 1 heterocycles. The minimum Gasteiger partial charge on any atom is -0.496 e. The van der Waals surface area contributed by atoms with Crippen LogP contribution in [-0.2, 0) is 11.3 Å². The van der Waals surface area contributed by atoms with E-state index in [-0.39, 0.29) is 0 Å². The van der Waals surface area contributed by atoms with Crippen molar-refractivity contribution in [3.63, 3.8) is 0 Å². The highest BCUT2D eigenvalue weighted by atomic mass is 16.5. The van der Waals surface area contributed by atoms with Gasteiger partial charge in [-0.25, -0.2) is 0 Å². The van der Waals surface area contributed by atoms with Crippen molar-refractivity contribution in [1.29, 1.82) is 5.26 Å². The molecule has 0 saturated carbocycles. The molecule has 108 valence electrons. The summed E-state index contributed by atoms with van der Waals surface area (Å²) in [6, 6.07) is 7.65. The van der Waals surface area contributed by atoms with Gasteiger partial charge in [-0.3, -0.25) is 4.90 Å². The number of nitrogens with one attached hydrogen (secondary N) is 1. The highest BCUT2D eigenvalue weighted by molar-refractivity contribution is 5.41. The minimum absolute atomic E-state index is 0.663. The average molecular weight is 275 g/mol. The summed E-state index contributed by atoms with van der Waals surface area (Å²) in [4.78, 5) is 2.39. The maximum Gasteiger partial charge on any atom is 0.123 e. The summed E-state index contributed by atoms with van der Waals surface area (Å²) in [6.45, 7) is 6.33. The minimum atomic E-state index is 0.663. The largest absolute Gasteiger partial charge is 0.496 e. The number of ether oxygens (including phenoxy) is 2. The first kappa shape index (κ1) is 14.8. The predicted octanol–water partition coefficient (Wildman–Crippen LogP) is 0.989. The number of hydrogen-bond acceptors (Lipinski definition) is 5. The van der Waals surface area contributed by atoms with Gasteiger partial charge in [0.2, 0.25) is 0 Å². The van der Waals surface area contributed by atoms with Crippen LogP contribution >= 0.6 is 0 Å². The summed E-state index contributed by atoms with van der Waals surface area (Å²) in [5.41, 5.74) is 1.68. The second kappa shape index (κ2) is 7.85. The lowest BCUT2D eigenvalue weighted by Crippen LogP contribution is -2.40. The Labute approximate surface area is 120 Å². The number of morpholine rings is 1. The Hall–Kier alpha value is -1.61. The van der Waals surface area contributed by atoms with Crippen molar-refractivity contribution in [1.82, 2.24) is 10.2 Å². The second-order valence-electron chi connectivity index (χ2n) is 4.77. The van der Waals surface area contributed by atoms with Crippen molar-refractivity contribution in [2.75, 3.05) is 46.5 Å². The zero-order valence-corrected chi connectivity index (χ0v) is 11.9. The van der Waals surface area contributed by atoms with Crippen LogP contribution in [0.2, 0.25) is 0 Å². The van der Waals surface area contributed by atoms with Crippen LogP contribution in [0.5, 0.6) is 5.75 Å². The molecule has 0 aromatic heterocycles. The van der Waals surface area contributed by atoms with Gasteiger partial charge in [0.25, 0.3) is 0 Å². The molecule has 1 saturated heterocycles. The van der Waals surface area contributed by atoms with Crippen molar-refractivity contribution >= 4 is 0 Å². The molecule has 1 aliphatic rings. The maximum atomic E-state index is 8.94. The third-order valence-corrected chi connectivity index (χ3v) is 3.43. The molecule has 1 aromatic rings. The summed E-state index contributed by atoms with van der Waals surface area (Å²) in [5.74, 6) is 0.822.